The Kier molecular flexibility index (Phi) is 4.35. The molecular weight excluding hydrogens is 222 g/mol. The number of benzene rings is 1. The van der Waals surface area contributed by atoms with Crippen molar-refractivity contribution in [3.63, 3.8) is 0 Å². The number of pyridine rings is 1. The third-order valence-electron chi connectivity index (χ3n) is 2.82. The van der Waals surface area contributed by atoms with Crippen LogP contribution in [-0.2, 0) is 6.42 Å². The molecule has 0 saturated heterocycles. The number of rotatable bonds is 5. The highest BCUT2D eigenvalue weighted by atomic mass is 16.5. The van der Waals surface area contributed by atoms with E-state index in [2.05, 4.69) is 24.0 Å². The van der Waals surface area contributed by atoms with Crippen molar-refractivity contribution in [3.05, 3.63) is 48.2 Å². The van der Waals surface area contributed by atoms with E-state index in [4.69, 9.17) is 4.74 Å². The highest BCUT2D eigenvalue weighted by Gasteiger charge is 2.00. The molecule has 0 aliphatic rings. The molecule has 0 N–H and O–H groups in total. The molecule has 2 aromatic rings. The molecule has 2 rings (SSSR count). The summed E-state index contributed by atoms with van der Waals surface area (Å²) < 4.78 is 5.43. The summed E-state index contributed by atoms with van der Waals surface area (Å²) in [6, 6.07) is 12.3. The Bertz CT molecular complexity index is 426. The van der Waals surface area contributed by atoms with E-state index >= 15 is 0 Å². The van der Waals surface area contributed by atoms with E-state index in [1.54, 1.807) is 0 Å². The third-order valence-corrected chi connectivity index (χ3v) is 2.82. The van der Waals surface area contributed by atoms with Crippen LogP contribution in [0.5, 0.6) is 5.75 Å². The zero-order valence-corrected chi connectivity index (χ0v) is 11.0. The Morgan fingerprint density at radius 1 is 1.00 bits per heavy atom. The van der Waals surface area contributed by atoms with Crippen LogP contribution in [0.2, 0.25) is 0 Å². The molecule has 0 atom stereocenters. The van der Waals surface area contributed by atoms with Crippen molar-refractivity contribution in [1.82, 2.24) is 4.98 Å². The zero-order chi connectivity index (χ0) is 12.8. The maximum atomic E-state index is 5.43. The fourth-order valence-corrected chi connectivity index (χ4v) is 1.92. The highest BCUT2D eigenvalue weighted by molar-refractivity contribution is 5.60. The SMILES string of the molecule is CCCc1ccc(-c2ccc(OCC)cc2)nc1. The number of aromatic nitrogens is 1. The van der Waals surface area contributed by atoms with Crippen LogP contribution in [0.1, 0.15) is 25.8 Å². The lowest BCUT2D eigenvalue weighted by Gasteiger charge is -2.05. The predicted octanol–water partition coefficient (Wildman–Crippen LogP) is 4.10. The monoisotopic (exact) mass is 241 g/mol. The van der Waals surface area contributed by atoms with Gasteiger partial charge in [-0.2, -0.15) is 0 Å². The van der Waals surface area contributed by atoms with Crippen LogP contribution >= 0.6 is 0 Å². The normalized spacial score (nSPS) is 10.3. The van der Waals surface area contributed by atoms with Crippen molar-refractivity contribution in [2.75, 3.05) is 6.61 Å². The summed E-state index contributed by atoms with van der Waals surface area (Å²) in [5.74, 6) is 0.906. The first-order chi connectivity index (χ1) is 8.83. The lowest BCUT2D eigenvalue weighted by atomic mass is 10.1. The fraction of sp³-hybridized carbons (Fsp3) is 0.312. The van der Waals surface area contributed by atoms with Gasteiger partial charge in [0.2, 0.25) is 0 Å². The lowest BCUT2D eigenvalue weighted by molar-refractivity contribution is 0.340. The van der Waals surface area contributed by atoms with Gasteiger partial charge in [0.25, 0.3) is 0 Å². The van der Waals surface area contributed by atoms with E-state index in [0.29, 0.717) is 6.61 Å². The van der Waals surface area contributed by atoms with E-state index < -0.39 is 0 Å². The third kappa shape index (κ3) is 3.10. The minimum atomic E-state index is 0.698. The number of aryl methyl sites for hydroxylation is 1. The van der Waals surface area contributed by atoms with Crippen LogP contribution in [0, 0.1) is 0 Å². The first kappa shape index (κ1) is 12.6. The van der Waals surface area contributed by atoms with Crippen LogP contribution < -0.4 is 4.74 Å². The van der Waals surface area contributed by atoms with Crippen molar-refractivity contribution < 1.29 is 4.74 Å². The van der Waals surface area contributed by atoms with E-state index in [1.165, 1.54) is 5.56 Å². The minimum absolute atomic E-state index is 0.698. The molecule has 18 heavy (non-hydrogen) atoms. The van der Waals surface area contributed by atoms with Gasteiger partial charge in [-0.3, -0.25) is 4.98 Å². The van der Waals surface area contributed by atoms with E-state index in [-0.39, 0.29) is 0 Å². The van der Waals surface area contributed by atoms with Gasteiger partial charge in [-0.25, -0.2) is 0 Å². The molecule has 1 aromatic heterocycles. The molecule has 0 aliphatic carbocycles. The second kappa shape index (κ2) is 6.20. The molecule has 0 saturated carbocycles. The van der Waals surface area contributed by atoms with Gasteiger partial charge in [-0.05, 0) is 49.2 Å². The number of ether oxygens (including phenoxy) is 1. The van der Waals surface area contributed by atoms with Crippen molar-refractivity contribution in [2.45, 2.75) is 26.7 Å². The molecule has 0 amide bonds. The van der Waals surface area contributed by atoms with Crippen LogP contribution in [0.3, 0.4) is 0 Å². The van der Waals surface area contributed by atoms with Crippen molar-refractivity contribution in [1.29, 1.82) is 0 Å². The number of hydrogen-bond acceptors (Lipinski definition) is 2. The smallest absolute Gasteiger partial charge is 0.119 e. The summed E-state index contributed by atoms with van der Waals surface area (Å²) >= 11 is 0. The summed E-state index contributed by atoms with van der Waals surface area (Å²) in [4.78, 5) is 4.50. The predicted molar refractivity (Wildman–Crippen MR) is 74.8 cm³/mol. The first-order valence-electron chi connectivity index (χ1n) is 6.51. The molecule has 0 unspecified atom stereocenters. The van der Waals surface area contributed by atoms with Gasteiger partial charge in [-0.1, -0.05) is 19.4 Å². The number of nitrogens with zero attached hydrogens (tertiary/aromatic N) is 1. The Balaban J connectivity index is 2.15. The van der Waals surface area contributed by atoms with Crippen molar-refractivity contribution in [2.24, 2.45) is 0 Å². The molecule has 0 radical (unpaired) electrons. The van der Waals surface area contributed by atoms with Crippen LogP contribution in [0.4, 0.5) is 0 Å². The van der Waals surface area contributed by atoms with E-state index in [0.717, 1.165) is 29.8 Å². The summed E-state index contributed by atoms with van der Waals surface area (Å²) in [6.07, 6.45) is 4.22. The Morgan fingerprint density at radius 2 is 1.78 bits per heavy atom. The molecule has 0 bridgehead atoms. The molecule has 0 aliphatic heterocycles. The van der Waals surface area contributed by atoms with Gasteiger partial charge in [0.05, 0.1) is 12.3 Å². The largest absolute Gasteiger partial charge is 0.494 e. The Morgan fingerprint density at radius 3 is 2.33 bits per heavy atom. The van der Waals surface area contributed by atoms with Crippen molar-refractivity contribution >= 4 is 0 Å². The summed E-state index contributed by atoms with van der Waals surface area (Å²) in [7, 11) is 0. The second-order valence-electron chi connectivity index (χ2n) is 4.26. The standard InChI is InChI=1S/C16H19NO/c1-3-5-13-6-11-16(17-12-13)14-7-9-15(10-8-14)18-4-2/h6-12H,3-5H2,1-2H3. The zero-order valence-electron chi connectivity index (χ0n) is 11.0. The number of hydrogen-bond donors (Lipinski definition) is 0. The molecule has 2 heteroatoms. The Labute approximate surface area is 109 Å². The average molecular weight is 241 g/mol. The second-order valence-corrected chi connectivity index (χ2v) is 4.26. The van der Waals surface area contributed by atoms with Crippen molar-refractivity contribution in [3.8, 4) is 17.0 Å². The van der Waals surface area contributed by atoms with E-state index in [1.807, 2.05) is 37.4 Å². The van der Waals surface area contributed by atoms with Gasteiger partial charge in [0.15, 0.2) is 0 Å². The topological polar surface area (TPSA) is 22.1 Å². The average Bonchev–Trinajstić information content (AvgIpc) is 2.41. The van der Waals surface area contributed by atoms with Gasteiger partial charge in [0.1, 0.15) is 5.75 Å². The maximum Gasteiger partial charge on any atom is 0.119 e. The van der Waals surface area contributed by atoms with Crippen LogP contribution in [0.15, 0.2) is 42.6 Å². The first-order valence-corrected chi connectivity index (χ1v) is 6.51. The summed E-state index contributed by atoms with van der Waals surface area (Å²) in [5.41, 5.74) is 3.44. The maximum absolute atomic E-state index is 5.43. The molecule has 94 valence electrons. The van der Waals surface area contributed by atoms with Gasteiger partial charge in [-0.15, -0.1) is 0 Å². The fourth-order valence-electron chi connectivity index (χ4n) is 1.92. The molecular formula is C16H19NO. The Hall–Kier alpha value is -1.83. The van der Waals surface area contributed by atoms with Gasteiger partial charge >= 0.3 is 0 Å². The minimum Gasteiger partial charge on any atom is -0.494 e. The molecule has 0 spiro atoms. The van der Waals surface area contributed by atoms with Gasteiger partial charge in [0, 0.05) is 11.8 Å². The van der Waals surface area contributed by atoms with Crippen LogP contribution in [-0.4, -0.2) is 11.6 Å². The summed E-state index contributed by atoms with van der Waals surface area (Å²) in [6.45, 7) is 4.87. The lowest BCUT2D eigenvalue weighted by Crippen LogP contribution is -1.91. The summed E-state index contributed by atoms with van der Waals surface area (Å²) in [5, 5.41) is 0. The quantitative estimate of drug-likeness (QED) is 0.786. The highest BCUT2D eigenvalue weighted by Crippen LogP contribution is 2.21. The van der Waals surface area contributed by atoms with Gasteiger partial charge < -0.3 is 4.74 Å². The van der Waals surface area contributed by atoms with E-state index in [9.17, 15) is 0 Å². The van der Waals surface area contributed by atoms with Crippen LogP contribution in [0.25, 0.3) is 11.3 Å². The molecule has 1 aromatic carbocycles. The molecule has 0 fully saturated rings. The molecule has 1 heterocycles. The molecule has 2 nitrogen and oxygen atoms in total.